The second-order valence-corrected chi connectivity index (χ2v) is 8.55. The zero-order valence-electron chi connectivity index (χ0n) is 17.9. The topological polar surface area (TPSA) is 70.1 Å². The summed E-state index contributed by atoms with van der Waals surface area (Å²) in [5.41, 5.74) is 1.34. The predicted octanol–water partition coefficient (Wildman–Crippen LogP) is 3.27. The van der Waals surface area contributed by atoms with Crippen LogP contribution in [0.3, 0.4) is 0 Å². The van der Waals surface area contributed by atoms with E-state index >= 15 is 0 Å². The number of aliphatic hydroxyl groups excluding tert-OH is 1. The minimum Gasteiger partial charge on any atom is -0.490 e. The van der Waals surface area contributed by atoms with Crippen LogP contribution in [0.5, 0.6) is 5.75 Å². The predicted molar refractivity (Wildman–Crippen MR) is 118 cm³/mol. The van der Waals surface area contributed by atoms with Crippen molar-refractivity contribution in [1.82, 2.24) is 9.80 Å². The van der Waals surface area contributed by atoms with Crippen molar-refractivity contribution in [2.24, 2.45) is 5.92 Å². The van der Waals surface area contributed by atoms with Crippen LogP contribution in [0.4, 0.5) is 0 Å². The fourth-order valence-electron chi connectivity index (χ4n) is 3.99. The number of ether oxygens (including phenoxy) is 1. The molecule has 1 atom stereocenters. The van der Waals surface area contributed by atoms with E-state index in [2.05, 4.69) is 0 Å². The molecule has 0 radical (unpaired) electrons. The number of nitrogens with zero attached hydrogens (tertiary/aromatic N) is 2. The van der Waals surface area contributed by atoms with Gasteiger partial charge in [0.25, 0.3) is 5.91 Å². The Morgan fingerprint density at radius 3 is 2.29 bits per heavy atom. The van der Waals surface area contributed by atoms with E-state index in [-0.39, 0.29) is 24.5 Å². The first-order chi connectivity index (χ1) is 15.0. The SMILES string of the molecule is CN(CC(O)c1ccccc1)C(=O)c1ccc(OC2CCN(C(=O)C3CC3)CC2)cc1. The number of hydrogen-bond donors (Lipinski definition) is 1. The molecule has 0 bridgehead atoms. The molecular weight excluding hydrogens is 392 g/mol. The Hall–Kier alpha value is -2.86. The smallest absolute Gasteiger partial charge is 0.253 e. The number of hydrogen-bond acceptors (Lipinski definition) is 4. The Morgan fingerprint density at radius 1 is 1.03 bits per heavy atom. The molecule has 1 saturated carbocycles. The third-order valence-corrected chi connectivity index (χ3v) is 6.06. The molecule has 1 unspecified atom stereocenters. The highest BCUT2D eigenvalue weighted by Gasteiger charge is 2.35. The molecular formula is C25H30N2O4. The maximum Gasteiger partial charge on any atom is 0.253 e. The fourth-order valence-corrected chi connectivity index (χ4v) is 3.99. The first kappa shape index (κ1) is 21.4. The Bertz CT molecular complexity index is 887. The number of aliphatic hydroxyl groups is 1. The van der Waals surface area contributed by atoms with Crippen LogP contribution in [0.25, 0.3) is 0 Å². The van der Waals surface area contributed by atoms with Gasteiger partial charge in [0, 0.05) is 44.5 Å². The molecule has 1 N–H and O–H groups in total. The molecule has 2 amide bonds. The summed E-state index contributed by atoms with van der Waals surface area (Å²) in [7, 11) is 1.69. The van der Waals surface area contributed by atoms with Crippen molar-refractivity contribution in [3.05, 3.63) is 65.7 Å². The lowest BCUT2D eigenvalue weighted by Gasteiger charge is -2.32. The van der Waals surface area contributed by atoms with E-state index < -0.39 is 6.10 Å². The molecule has 2 aromatic rings. The Morgan fingerprint density at radius 2 is 1.68 bits per heavy atom. The number of rotatable bonds is 7. The molecule has 2 aliphatic rings. The summed E-state index contributed by atoms with van der Waals surface area (Å²) < 4.78 is 6.07. The molecule has 2 aromatic carbocycles. The van der Waals surface area contributed by atoms with Gasteiger partial charge in [-0.15, -0.1) is 0 Å². The summed E-state index contributed by atoms with van der Waals surface area (Å²) in [5, 5.41) is 10.4. The summed E-state index contributed by atoms with van der Waals surface area (Å²) in [6.45, 7) is 1.73. The Labute approximate surface area is 183 Å². The van der Waals surface area contributed by atoms with Crippen molar-refractivity contribution in [2.45, 2.75) is 37.9 Å². The van der Waals surface area contributed by atoms with Crippen LogP contribution >= 0.6 is 0 Å². The van der Waals surface area contributed by atoms with E-state index in [1.54, 1.807) is 19.2 Å². The molecule has 4 rings (SSSR count). The van der Waals surface area contributed by atoms with Crippen molar-refractivity contribution in [2.75, 3.05) is 26.7 Å². The van der Waals surface area contributed by atoms with E-state index in [4.69, 9.17) is 4.74 Å². The summed E-state index contributed by atoms with van der Waals surface area (Å²) >= 11 is 0. The molecule has 1 saturated heterocycles. The average Bonchev–Trinajstić information content (AvgIpc) is 3.65. The monoisotopic (exact) mass is 422 g/mol. The lowest BCUT2D eigenvalue weighted by Crippen LogP contribution is -2.42. The van der Waals surface area contributed by atoms with Gasteiger partial charge in [-0.1, -0.05) is 30.3 Å². The van der Waals surface area contributed by atoms with E-state index in [0.29, 0.717) is 11.5 Å². The third-order valence-electron chi connectivity index (χ3n) is 6.06. The number of likely N-dealkylation sites (N-methyl/N-ethyl adjacent to an activating group) is 1. The van der Waals surface area contributed by atoms with E-state index in [9.17, 15) is 14.7 Å². The molecule has 1 heterocycles. The van der Waals surface area contributed by atoms with Crippen LogP contribution in [0.2, 0.25) is 0 Å². The first-order valence-corrected chi connectivity index (χ1v) is 11.1. The van der Waals surface area contributed by atoms with Gasteiger partial charge in [0.2, 0.25) is 5.91 Å². The van der Waals surface area contributed by atoms with Crippen LogP contribution in [-0.2, 0) is 4.79 Å². The highest BCUT2D eigenvalue weighted by molar-refractivity contribution is 5.94. The second-order valence-electron chi connectivity index (χ2n) is 8.55. The van der Waals surface area contributed by atoms with Crippen LogP contribution in [0, 0.1) is 5.92 Å². The molecule has 0 spiro atoms. The zero-order valence-corrected chi connectivity index (χ0v) is 17.9. The molecule has 6 nitrogen and oxygen atoms in total. The fraction of sp³-hybridized carbons (Fsp3) is 0.440. The Balaban J connectivity index is 1.26. The van der Waals surface area contributed by atoms with Gasteiger partial charge in [-0.25, -0.2) is 0 Å². The van der Waals surface area contributed by atoms with Crippen molar-refractivity contribution in [1.29, 1.82) is 0 Å². The van der Waals surface area contributed by atoms with Gasteiger partial charge >= 0.3 is 0 Å². The van der Waals surface area contributed by atoms with Crippen LogP contribution in [-0.4, -0.2) is 59.5 Å². The minimum absolute atomic E-state index is 0.0912. The van der Waals surface area contributed by atoms with Gasteiger partial charge in [0.05, 0.1) is 12.6 Å². The minimum atomic E-state index is -0.726. The second kappa shape index (κ2) is 9.52. The van der Waals surface area contributed by atoms with Crippen LogP contribution in [0.1, 0.15) is 47.7 Å². The summed E-state index contributed by atoms with van der Waals surface area (Å²) in [6.07, 6.45) is 3.11. The quantitative estimate of drug-likeness (QED) is 0.744. The molecule has 0 aromatic heterocycles. The number of piperidine rings is 1. The largest absolute Gasteiger partial charge is 0.490 e. The highest BCUT2D eigenvalue weighted by Crippen LogP contribution is 2.32. The van der Waals surface area contributed by atoms with E-state index in [1.807, 2.05) is 47.4 Å². The van der Waals surface area contributed by atoms with Gasteiger partial charge in [0.15, 0.2) is 0 Å². The van der Waals surface area contributed by atoms with Crippen molar-refractivity contribution >= 4 is 11.8 Å². The molecule has 31 heavy (non-hydrogen) atoms. The summed E-state index contributed by atoms with van der Waals surface area (Å²) in [6, 6.07) is 16.5. The molecule has 1 aliphatic carbocycles. The number of likely N-dealkylation sites (tertiary alicyclic amines) is 1. The maximum atomic E-state index is 12.7. The number of carbonyl (C=O) groups excluding carboxylic acids is 2. The van der Waals surface area contributed by atoms with Gasteiger partial charge < -0.3 is 19.6 Å². The normalized spacial score (nSPS) is 17.8. The van der Waals surface area contributed by atoms with Gasteiger partial charge in [-0.05, 0) is 42.7 Å². The first-order valence-electron chi connectivity index (χ1n) is 11.1. The molecule has 6 heteroatoms. The lowest BCUT2D eigenvalue weighted by molar-refractivity contribution is -0.134. The summed E-state index contributed by atoms with van der Waals surface area (Å²) in [5.74, 6) is 1.17. The highest BCUT2D eigenvalue weighted by atomic mass is 16.5. The van der Waals surface area contributed by atoms with E-state index in [1.165, 1.54) is 4.90 Å². The van der Waals surface area contributed by atoms with Crippen molar-refractivity contribution < 1.29 is 19.4 Å². The standard InChI is InChI=1S/C25H30N2O4/c1-26(17-23(28)18-5-3-2-4-6-18)24(29)19-9-11-21(12-10-19)31-22-13-15-27(16-14-22)25(30)20-7-8-20/h2-6,9-12,20,22-23,28H,7-8,13-17H2,1H3. The van der Waals surface area contributed by atoms with Gasteiger partial charge in [-0.2, -0.15) is 0 Å². The number of amides is 2. The zero-order chi connectivity index (χ0) is 21.8. The third kappa shape index (κ3) is 5.44. The van der Waals surface area contributed by atoms with Gasteiger partial charge in [0.1, 0.15) is 11.9 Å². The van der Waals surface area contributed by atoms with Crippen LogP contribution in [0.15, 0.2) is 54.6 Å². The van der Waals surface area contributed by atoms with Gasteiger partial charge in [-0.3, -0.25) is 9.59 Å². The number of benzene rings is 2. The lowest BCUT2D eigenvalue weighted by atomic mass is 10.1. The van der Waals surface area contributed by atoms with Crippen LogP contribution < -0.4 is 4.74 Å². The number of carbonyl (C=O) groups is 2. The van der Waals surface area contributed by atoms with Crippen molar-refractivity contribution in [3.63, 3.8) is 0 Å². The average molecular weight is 423 g/mol. The molecule has 2 fully saturated rings. The Kier molecular flexibility index (Phi) is 6.56. The van der Waals surface area contributed by atoms with E-state index in [0.717, 1.165) is 50.1 Å². The molecule has 164 valence electrons. The van der Waals surface area contributed by atoms with Crippen molar-refractivity contribution in [3.8, 4) is 5.75 Å². The molecule has 1 aliphatic heterocycles. The maximum absolute atomic E-state index is 12.7. The summed E-state index contributed by atoms with van der Waals surface area (Å²) in [4.78, 5) is 28.4.